The molecule has 1 aromatic rings. The summed E-state index contributed by atoms with van der Waals surface area (Å²) >= 11 is 0. The van der Waals surface area contributed by atoms with E-state index in [0.29, 0.717) is 0 Å². The summed E-state index contributed by atoms with van der Waals surface area (Å²) in [5.41, 5.74) is 4.50. The van der Waals surface area contributed by atoms with E-state index in [0.717, 1.165) is 4.57 Å². The molecule has 0 aliphatic carbocycles. The zero-order valence-electron chi connectivity index (χ0n) is 8.99. The Hall–Kier alpha value is -1.51. The Labute approximate surface area is 96.3 Å². The second kappa shape index (κ2) is 6.28. The van der Waals surface area contributed by atoms with Gasteiger partial charge in [0, 0.05) is 6.20 Å². The first-order valence-corrected chi connectivity index (χ1v) is 4.92. The van der Waals surface area contributed by atoms with Crippen LogP contribution in [0.1, 0.15) is 6.23 Å². The van der Waals surface area contributed by atoms with Gasteiger partial charge in [0.2, 0.25) is 0 Å². The number of nitrogens with two attached hydrogens (primary N) is 1. The van der Waals surface area contributed by atoms with Gasteiger partial charge in [-0.15, -0.1) is 0 Å². The van der Waals surface area contributed by atoms with Gasteiger partial charge in [-0.05, 0) is 6.07 Å². The van der Waals surface area contributed by atoms with Crippen molar-refractivity contribution in [2.75, 3.05) is 25.6 Å². The normalized spacial score (nSPS) is 14.5. The quantitative estimate of drug-likeness (QED) is 0.574. The van der Waals surface area contributed by atoms with E-state index in [4.69, 9.17) is 20.7 Å². The number of rotatable bonds is 6. The van der Waals surface area contributed by atoms with Crippen LogP contribution in [0.15, 0.2) is 17.1 Å². The molecule has 0 aliphatic rings. The Balaban J connectivity index is 2.99. The number of aliphatic hydroxyl groups excluding tert-OH is 2. The molecule has 0 aliphatic heterocycles. The molecule has 2 unspecified atom stereocenters. The van der Waals surface area contributed by atoms with Gasteiger partial charge in [0.1, 0.15) is 5.82 Å². The van der Waals surface area contributed by atoms with Gasteiger partial charge in [-0.3, -0.25) is 4.57 Å². The maximum absolute atomic E-state index is 13.4. The highest BCUT2D eigenvalue weighted by atomic mass is 19.1. The lowest BCUT2D eigenvalue weighted by Crippen LogP contribution is -2.35. The third-order valence-electron chi connectivity index (χ3n) is 1.99. The lowest BCUT2D eigenvalue weighted by molar-refractivity contribution is -0.0772. The molecule has 0 saturated heterocycles. The number of anilines is 1. The van der Waals surface area contributed by atoms with Crippen LogP contribution in [0.2, 0.25) is 0 Å². The largest absolute Gasteiger partial charge is 0.394 e. The van der Waals surface area contributed by atoms with Crippen molar-refractivity contribution >= 4 is 5.82 Å². The van der Waals surface area contributed by atoms with Gasteiger partial charge in [0.25, 0.3) is 0 Å². The molecule has 1 aromatic heterocycles. The first-order chi connectivity index (χ1) is 8.10. The second-order valence-corrected chi connectivity index (χ2v) is 3.23. The van der Waals surface area contributed by atoms with Crippen molar-refractivity contribution in [3.05, 3.63) is 22.7 Å². The fourth-order valence-corrected chi connectivity index (χ4v) is 1.24. The van der Waals surface area contributed by atoms with Crippen molar-refractivity contribution in [3.8, 4) is 0 Å². The van der Waals surface area contributed by atoms with E-state index in [2.05, 4.69) is 4.98 Å². The Morgan fingerprint density at radius 2 is 2.29 bits per heavy atom. The fourth-order valence-electron chi connectivity index (χ4n) is 1.24. The first-order valence-electron chi connectivity index (χ1n) is 4.92. The van der Waals surface area contributed by atoms with Crippen molar-refractivity contribution in [2.45, 2.75) is 12.4 Å². The lowest BCUT2D eigenvalue weighted by atomic mass is 10.3. The van der Waals surface area contributed by atoms with Crippen molar-refractivity contribution in [3.63, 3.8) is 0 Å². The predicted octanol–water partition coefficient (Wildman–Crippen LogP) is -1.34. The minimum Gasteiger partial charge on any atom is -0.394 e. The Morgan fingerprint density at radius 1 is 1.59 bits per heavy atom. The molecular weight excluding hydrogens is 233 g/mol. The molecule has 1 rings (SSSR count). The van der Waals surface area contributed by atoms with Crippen LogP contribution in [0.25, 0.3) is 0 Å². The number of hydrogen-bond donors (Lipinski definition) is 3. The highest BCUT2D eigenvalue weighted by molar-refractivity contribution is 5.23. The molecule has 0 bridgehead atoms. The zero-order chi connectivity index (χ0) is 12.8. The van der Waals surface area contributed by atoms with Crippen LogP contribution in [0.4, 0.5) is 10.2 Å². The molecule has 0 spiro atoms. The molecule has 2 atom stereocenters. The minimum absolute atomic E-state index is 0.00608. The van der Waals surface area contributed by atoms with Gasteiger partial charge in [0.15, 0.2) is 12.4 Å². The van der Waals surface area contributed by atoms with Gasteiger partial charge in [-0.25, -0.2) is 9.18 Å². The molecule has 0 aromatic carbocycles. The number of halogens is 1. The van der Waals surface area contributed by atoms with E-state index in [1.165, 1.54) is 12.3 Å². The molecule has 96 valence electrons. The predicted molar refractivity (Wildman–Crippen MR) is 57.0 cm³/mol. The van der Waals surface area contributed by atoms with Crippen LogP contribution in [0.5, 0.6) is 0 Å². The van der Waals surface area contributed by atoms with Crippen molar-refractivity contribution < 1.29 is 19.3 Å². The Morgan fingerprint density at radius 3 is 2.82 bits per heavy atom. The first kappa shape index (κ1) is 13.6. The van der Waals surface area contributed by atoms with E-state index in [-0.39, 0.29) is 19.0 Å². The molecule has 0 saturated carbocycles. The average Bonchev–Trinajstić information content (AvgIpc) is 2.31. The highest BCUT2D eigenvalue weighted by Crippen LogP contribution is 2.14. The summed E-state index contributed by atoms with van der Waals surface area (Å²) in [6.07, 6.45) is -1.92. The van der Waals surface area contributed by atoms with Crippen molar-refractivity contribution in [2.24, 2.45) is 0 Å². The molecule has 1 heterocycles. The molecule has 4 N–H and O–H groups in total. The SMILES string of the molecule is Nc1ccn(C(OCCO)C(F)CO)c(=O)n1. The third-order valence-corrected chi connectivity index (χ3v) is 1.99. The van der Waals surface area contributed by atoms with Crippen LogP contribution in [0, 0.1) is 0 Å². The number of aliphatic hydroxyl groups is 2. The van der Waals surface area contributed by atoms with Crippen LogP contribution in [0.3, 0.4) is 0 Å². The molecule has 0 fully saturated rings. The lowest BCUT2D eigenvalue weighted by Gasteiger charge is -2.21. The van der Waals surface area contributed by atoms with Gasteiger partial charge >= 0.3 is 5.69 Å². The smallest absolute Gasteiger partial charge is 0.351 e. The monoisotopic (exact) mass is 247 g/mol. The van der Waals surface area contributed by atoms with E-state index < -0.39 is 24.7 Å². The van der Waals surface area contributed by atoms with Crippen LogP contribution in [-0.4, -0.2) is 45.8 Å². The van der Waals surface area contributed by atoms with E-state index in [1.54, 1.807) is 0 Å². The highest BCUT2D eigenvalue weighted by Gasteiger charge is 2.24. The van der Waals surface area contributed by atoms with Gasteiger partial charge in [0.05, 0.1) is 19.8 Å². The number of hydrogen-bond acceptors (Lipinski definition) is 6. The summed E-state index contributed by atoms with van der Waals surface area (Å²) in [7, 11) is 0. The summed E-state index contributed by atoms with van der Waals surface area (Å²) in [4.78, 5) is 14.9. The minimum atomic E-state index is -1.80. The zero-order valence-corrected chi connectivity index (χ0v) is 8.99. The molecule has 17 heavy (non-hydrogen) atoms. The van der Waals surface area contributed by atoms with Gasteiger partial charge in [-0.2, -0.15) is 4.98 Å². The maximum atomic E-state index is 13.4. The number of ether oxygens (including phenoxy) is 1. The van der Waals surface area contributed by atoms with Crippen molar-refractivity contribution in [1.29, 1.82) is 0 Å². The number of aromatic nitrogens is 2. The summed E-state index contributed by atoms with van der Waals surface area (Å²) < 4.78 is 19.2. The topological polar surface area (TPSA) is 111 Å². The van der Waals surface area contributed by atoms with Crippen LogP contribution >= 0.6 is 0 Å². The van der Waals surface area contributed by atoms with Crippen LogP contribution < -0.4 is 11.4 Å². The average molecular weight is 247 g/mol. The summed E-state index contributed by atoms with van der Waals surface area (Å²) in [5, 5.41) is 17.3. The van der Waals surface area contributed by atoms with E-state index in [1.807, 2.05) is 0 Å². The summed E-state index contributed by atoms with van der Waals surface area (Å²) in [5.74, 6) is 0.00608. The van der Waals surface area contributed by atoms with Gasteiger partial charge in [-0.1, -0.05) is 0 Å². The summed E-state index contributed by atoms with van der Waals surface area (Å²) in [6, 6.07) is 1.31. The standard InChI is InChI=1S/C9H14FN3O4/c10-6(5-15)8(17-4-3-14)13-2-1-7(11)12-9(13)16/h1-2,6,8,14-15H,3-5H2,(H2,11,12,16). The Kier molecular flexibility index (Phi) is 5.01. The van der Waals surface area contributed by atoms with E-state index >= 15 is 0 Å². The Bertz CT molecular complexity index is 411. The molecule has 8 heteroatoms. The van der Waals surface area contributed by atoms with Crippen molar-refractivity contribution in [1.82, 2.24) is 9.55 Å². The number of nitrogen functional groups attached to an aromatic ring is 1. The molecule has 7 nitrogen and oxygen atoms in total. The third kappa shape index (κ3) is 3.48. The van der Waals surface area contributed by atoms with E-state index in [9.17, 15) is 9.18 Å². The number of alkyl halides is 1. The van der Waals surface area contributed by atoms with Crippen LogP contribution in [-0.2, 0) is 4.74 Å². The summed E-state index contributed by atoms with van der Waals surface area (Å²) in [6.45, 7) is -1.30. The molecule has 0 radical (unpaired) electrons. The maximum Gasteiger partial charge on any atom is 0.351 e. The second-order valence-electron chi connectivity index (χ2n) is 3.23. The number of nitrogens with zero attached hydrogens (tertiary/aromatic N) is 2. The van der Waals surface area contributed by atoms with Gasteiger partial charge < -0.3 is 20.7 Å². The fraction of sp³-hybridized carbons (Fsp3) is 0.556. The molecule has 0 amide bonds. The molecular formula is C9H14FN3O4.